The Hall–Kier alpha value is -3.19. The summed E-state index contributed by atoms with van der Waals surface area (Å²) in [4.78, 5) is 11.6. The van der Waals surface area contributed by atoms with Gasteiger partial charge in [-0.15, -0.1) is 0 Å². The third kappa shape index (κ3) is 6.42. The highest BCUT2D eigenvalue weighted by molar-refractivity contribution is 7.97. The van der Waals surface area contributed by atoms with Crippen LogP contribution in [0.3, 0.4) is 0 Å². The average Bonchev–Trinajstić information content (AvgIpc) is 2.75. The van der Waals surface area contributed by atoms with Crippen molar-refractivity contribution >= 4 is 29.5 Å². The second-order valence-corrected chi connectivity index (χ2v) is 8.60. The third-order valence-electron chi connectivity index (χ3n) is 4.38. The molecule has 0 spiro atoms. The lowest BCUT2D eigenvalue weighted by Crippen LogP contribution is -2.12. The van der Waals surface area contributed by atoms with Gasteiger partial charge in [0.2, 0.25) is 0 Å². The highest BCUT2D eigenvalue weighted by atomic mass is 35.5. The van der Waals surface area contributed by atoms with E-state index in [-0.39, 0.29) is 39.6 Å². The van der Waals surface area contributed by atoms with Crippen LogP contribution in [0.4, 0.5) is 13.2 Å². The van der Waals surface area contributed by atoms with Crippen LogP contribution < -0.4 is 4.74 Å². The van der Waals surface area contributed by atoms with Gasteiger partial charge in [0.25, 0.3) is 0 Å². The van der Waals surface area contributed by atoms with Crippen LogP contribution in [0.25, 0.3) is 11.1 Å². The lowest BCUT2D eigenvalue weighted by atomic mass is 9.99. The molecule has 0 saturated heterocycles. The van der Waals surface area contributed by atoms with E-state index in [2.05, 4.69) is 0 Å². The average molecular weight is 493 g/mol. The van der Waals surface area contributed by atoms with Crippen molar-refractivity contribution in [2.75, 3.05) is 13.7 Å². The fourth-order valence-corrected chi connectivity index (χ4v) is 4.11. The first-order chi connectivity index (χ1) is 15.7. The molecule has 0 aromatic heterocycles. The molecule has 0 saturated carbocycles. The maximum Gasteiger partial charge on any atom is 0.341 e. The Morgan fingerprint density at radius 3 is 2.58 bits per heavy atom. The van der Waals surface area contributed by atoms with Crippen molar-refractivity contribution in [3.05, 3.63) is 82.1 Å². The number of hydrogen-bond donors (Lipinski definition) is 1. The van der Waals surface area contributed by atoms with Gasteiger partial charge in [0.05, 0.1) is 16.7 Å². The van der Waals surface area contributed by atoms with Gasteiger partial charge in [-0.25, -0.2) is 22.3 Å². The number of halogens is 4. The van der Waals surface area contributed by atoms with Crippen molar-refractivity contribution in [2.45, 2.75) is 11.4 Å². The zero-order valence-corrected chi connectivity index (χ0v) is 18.7. The summed E-state index contributed by atoms with van der Waals surface area (Å²) in [6.45, 7) is -0.647. The molecular formula is C23H16ClF3N2O3S. The molecular weight excluding hydrogens is 477 g/mol. The van der Waals surface area contributed by atoms with Gasteiger partial charge in [0.1, 0.15) is 23.2 Å². The number of ether oxygens (including phenoxy) is 1. The number of carboxylic acids is 1. The lowest BCUT2D eigenvalue weighted by molar-refractivity contribution is -0.139. The van der Waals surface area contributed by atoms with Crippen LogP contribution in [0.15, 0.2) is 53.4 Å². The zero-order chi connectivity index (χ0) is 24.1. The summed E-state index contributed by atoms with van der Waals surface area (Å²) in [5, 5.41) is 18.0. The van der Waals surface area contributed by atoms with Crippen molar-refractivity contribution in [2.24, 2.45) is 0 Å². The molecule has 0 heterocycles. The molecule has 0 aliphatic heterocycles. The molecule has 0 aliphatic rings. The van der Waals surface area contributed by atoms with E-state index in [0.29, 0.717) is 4.90 Å². The van der Waals surface area contributed by atoms with Gasteiger partial charge in [-0.2, -0.15) is 5.26 Å². The van der Waals surface area contributed by atoms with E-state index in [4.69, 9.17) is 26.7 Å². The Morgan fingerprint density at radius 2 is 1.91 bits per heavy atom. The van der Waals surface area contributed by atoms with Crippen LogP contribution in [0.1, 0.15) is 11.1 Å². The monoisotopic (exact) mass is 492 g/mol. The molecule has 5 nitrogen and oxygen atoms in total. The van der Waals surface area contributed by atoms with Gasteiger partial charge in [-0.05, 0) is 67.0 Å². The van der Waals surface area contributed by atoms with Crippen molar-refractivity contribution in [1.29, 1.82) is 5.26 Å². The fraction of sp³-hybridized carbons (Fsp3) is 0.130. The minimum absolute atomic E-state index is 0.0406. The first-order valence-electron chi connectivity index (χ1n) is 9.38. The molecule has 3 rings (SSSR count). The van der Waals surface area contributed by atoms with Gasteiger partial charge in [0.15, 0.2) is 6.61 Å². The number of benzene rings is 3. The maximum absolute atomic E-state index is 14.9. The zero-order valence-electron chi connectivity index (χ0n) is 17.1. The summed E-state index contributed by atoms with van der Waals surface area (Å²) >= 11 is 7.00. The molecule has 0 unspecified atom stereocenters. The van der Waals surface area contributed by atoms with Gasteiger partial charge in [0, 0.05) is 28.6 Å². The summed E-state index contributed by atoms with van der Waals surface area (Å²) in [5.41, 5.74) is 0.709. The Balaban J connectivity index is 1.96. The Kier molecular flexibility index (Phi) is 7.87. The Bertz CT molecular complexity index is 1250. The van der Waals surface area contributed by atoms with Crippen LogP contribution in [0.5, 0.6) is 5.75 Å². The van der Waals surface area contributed by atoms with E-state index in [1.165, 1.54) is 42.3 Å². The molecule has 1 N–H and O–H groups in total. The molecule has 3 aromatic carbocycles. The first kappa shape index (κ1) is 24.5. The van der Waals surface area contributed by atoms with E-state index in [1.54, 1.807) is 11.4 Å². The molecule has 0 atom stereocenters. The molecule has 10 heteroatoms. The predicted molar refractivity (Wildman–Crippen MR) is 118 cm³/mol. The number of nitrogens with zero attached hydrogens (tertiary/aromatic N) is 2. The number of carboxylic acid groups (broad SMARTS) is 1. The van der Waals surface area contributed by atoms with Gasteiger partial charge >= 0.3 is 5.97 Å². The number of carbonyl (C=O) groups is 1. The van der Waals surface area contributed by atoms with Crippen LogP contribution in [0.2, 0.25) is 5.02 Å². The smallest absolute Gasteiger partial charge is 0.341 e. The molecule has 0 amide bonds. The summed E-state index contributed by atoms with van der Waals surface area (Å²) in [7, 11) is 1.69. The highest BCUT2D eigenvalue weighted by Crippen LogP contribution is 2.35. The molecule has 0 fully saturated rings. The van der Waals surface area contributed by atoms with Crippen molar-refractivity contribution in [3.63, 3.8) is 0 Å². The SMILES string of the molecule is CN(Cc1cc(-c2cc(F)cc(C#N)c2)c(OCC(=O)O)cc1F)Sc1ccc(F)c(Cl)c1. The van der Waals surface area contributed by atoms with Crippen LogP contribution in [-0.2, 0) is 11.3 Å². The van der Waals surface area contributed by atoms with E-state index >= 15 is 0 Å². The van der Waals surface area contributed by atoms with E-state index in [9.17, 15) is 18.0 Å². The van der Waals surface area contributed by atoms with Gasteiger partial charge < -0.3 is 9.84 Å². The van der Waals surface area contributed by atoms with E-state index in [1.807, 2.05) is 6.07 Å². The molecule has 0 radical (unpaired) electrons. The largest absolute Gasteiger partial charge is 0.481 e. The second kappa shape index (κ2) is 10.6. The minimum Gasteiger partial charge on any atom is -0.481 e. The summed E-state index contributed by atoms with van der Waals surface area (Å²) in [6.07, 6.45) is 0. The second-order valence-electron chi connectivity index (χ2n) is 6.92. The van der Waals surface area contributed by atoms with E-state index < -0.39 is 30.0 Å². The Labute approximate surface area is 197 Å². The topological polar surface area (TPSA) is 73.6 Å². The minimum atomic E-state index is -1.27. The Morgan fingerprint density at radius 1 is 1.15 bits per heavy atom. The highest BCUT2D eigenvalue weighted by Gasteiger charge is 2.17. The molecule has 3 aromatic rings. The summed E-state index contributed by atoms with van der Waals surface area (Å²) in [6, 6.07) is 12.1. The summed E-state index contributed by atoms with van der Waals surface area (Å²) in [5.74, 6) is -3.27. The van der Waals surface area contributed by atoms with Crippen molar-refractivity contribution < 1.29 is 27.8 Å². The molecule has 33 heavy (non-hydrogen) atoms. The van der Waals surface area contributed by atoms with Crippen molar-refractivity contribution in [1.82, 2.24) is 4.31 Å². The molecule has 170 valence electrons. The number of aliphatic carboxylic acids is 1. The quantitative estimate of drug-likeness (QED) is 0.395. The fourth-order valence-electron chi connectivity index (χ4n) is 3.00. The van der Waals surface area contributed by atoms with Gasteiger partial charge in [-0.3, -0.25) is 0 Å². The van der Waals surface area contributed by atoms with Gasteiger partial charge in [-0.1, -0.05) is 11.6 Å². The first-order valence-corrected chi connectivity index (χ1v) is 10.5. The van der Waals surface area contributed by atoms with E-state index in [0.717, 1.165) is 18.2 Å². The number of nitriles is 1. The number of rotatable bonds is 8. The van der Waals surface area contributed by atoms with Crippen LogP contribution >= 0.6 is 23.5 Å². The third-order valence-corrected chi connectivity index (χ3v) is 5.58. The number of hydrogen-bond acceptors (Lipinski definition) is 5. The molecule has 0 aliphatic carbocycles. The summed E-state index contributed by atoms with van der Waals surface area (Å²) < 4.78 is 49.1. The van der Waals surface area contributed by atoms with Crippen molar-refractivity contribution in [3.8, 4) is 22.9 Å². The molecule has 0 bridgehead atoms. The normalized spacial score (nSPS) is 10.8. The maximum atomic E-state index is 14.9. The standard InChI is InChI=1S/C23H16ClF3N2O3S/c1-29(33-17-2-3-20(26)19(24)8-17)11-15-7-18(14-4-13(10-28)5-16(25)6-14)22(9-21(15)27)32-12-23(30)31/h2-9H,11-12H2,1H3,(H,30,31). The van der Waals surface area contributed by atoms with Crippen LogP contribution in [0, 0.1) is 28.8 Å². The predicted octanol–water partition coefficient (Wildman–Crippen LogP) is 5.90. The lowest BCUT2D eigenvalue weighted by Gasteiger charge is -2.19. The van der Waals surface area contributed by atoms with Crippen LogP contribution in [-0.4, -0.2) is 29.0 Å².